The first-order chi connectivity index (χ1) is 7.27. The van der Waals surface area contributed by atoms with Gasteiger partial charge < -0.3 is 9.30 Å². The zero-order valence-corrected chi connectivity index (χ0v) is 9.58. The lowest BCUT2D eigenvalue weighted by atomic mass is 10.1. The summed E-state index contributed by atoms with van der Waals surface area (Å²) in [5.74, 6) is 0. The van der Waals surface area contributed by atoms with Gasteiger partial charge in [-0.05, 0) is 19.4 Å². The van der Waals surface area contributed by atoms with Crippen molar-refractivity contribution >= 4 is 10.9 Å². The fourth-order valence-electron chi connectivity index (χ4n) is 2.14. The molecule has 0 atom stereocenters. The lowest BCUT2D eigenvalue weighted by Crippen LogP contribution is -1.92. The first-order valence-corrected chi connectivity index (χ1v) is 5.34. The minimum absolute atomic E-state index is 0.687. The van der Waals surface area contributed by atoms with Crippen molar-refractivity contribution in [1.29, 1.82) is 0 Å². The molecule has 0 radical (unpaired) electrons. The van der Waals surface area contributed by atoms with E-state index in [9.17, 15) is 0 Å². The maximum Gasteiger partial charge on any atom is 0.0733 e. The molecule has 0 spiro atoms. The molecule has 0 N–H and O–H groups in total. The Labute approximate surface area is 90.5 Å². The number of para-hydroxylation sites is 1. The molecule has 0 aliphatic heterocycles. The van der Waals surface area contributed by atoms with Gasteiger partial charge in [-0.1, -0.05) is 18.2 Å². The van der Waals surface area contributed by atoms with Gasteiger partial charge in [-0.25, -0.2) is 0 Å². The van der Waals surface area contributed by atoms with Gasteiger partial charge in [0.2, 0.25) is 0 Å². The lowest BCUT2D eigenvalue weighted by Gasteiger charge is -2.02. The molecule has 2 heteroatoms. The lowest BCUT2D eigenvalue weighted by molar-refractivity contribution is 0.186. The summed E-state index contributed by atoms with van der Waals surface area (Å²) >= 11 is 0. The molecule has 0 saturated carbocycles. The Hall–Kier alpha value is -1.28. The first-order valence-electron chi connectivity index (χ1n) is 5.34. The average molecular weight is 203 g/mol. The normalized spacial score (nSPS) is 11.1. The zero-order valence-electron chi connectivity index (χ0n) is 9.58. The zero-order chi connectivity index (χ0) is 10.8. The van der Waals surface area contributed by atoms with Crippen LogP contribution in [0.3, 0.4) is 0 Å². The maximum absolute atomic E-state index is 5.22. The Bertz CT molecular complexity index is 471. The van der Waals surface area contributed by atoms with E-state index in [0.29, 0.717) is 6.61 Å². The van der Waals surface area contributed by atoms with E-state index in [1.165, 1.54) is 22.0 Å². The molecule has 0 bridgehead atoms. The van der Waals surface area contributed by atoms with Crippen LogP contribution in [-0.4, -0.2) is 11.7 Å². The van der Waals surface area contributed by atoms with Gasteiger partial charge in [-0.3, -0.25) is 0 Å². The number of hydrogen-bond donors (Lipinski definition) is 0. The predicted molar refractivity (Wildman–Crippen MR) is 63.1 cm³/mol. The van der Waals surface area contributed by atoms with E-state index in [4.69, 9.17) is 4.74 Å². The Morgan fingerprint density at radius 1 is 1.33 bits per heavy atom. The SMILES string of the molecule is CCn1cc(COC)c2cccc(C)c21. The highest BCUT2D eigenvalue weighted by molar-refractivity contribution is 5.86. The molecule has 80 valence electrons. The largest absolute Gasteiger partial charge is 0.380 e. The number of hydrogen-bond acceptors (Lipinski definition) is 1. The highest BCUT2D eigenvalue weighted by Gasteiger charge is 2.08. The molecule has 0 aliphatic carbocycles. The number of ether oxygens (including phenoxy) is 1. The summed E-state index contributed by atoms with van der Waals surface area (Å²) in [6, 6.07) is 6.44. The smallest absolute Gasteiger partial charge is 0.0733 e. The van der Waals surface area contributed by atoms with E-state index >= 15 is 0 Å². The second-order valence-corrected chi connectivity index (χ2v) is 3.84. The molecule has 15 heavy (non-hydrogen) atoms. The van der Waals surface area contributed by atoms with Crippen LogP contribution in [0.1, 0.15) is 18.1 Å². The third kappa shape index (κ3) is 1.65. The van der Waals surface area contributed by atoms with Crippen LogP contribution in [0.25, 0.3) is 10.9 Å². The van der Waals surface area contributed by atoms with Crippen LogP contribution in [0.15, 0.2) is 24.4 Å². The van der Waals surface area contributed by atoms with E-state index < -0.39 is 0 Å². The standard InChI is InChI=1S/C13H17NO/c1-4-14-8-11(9-15-3)12-7-5-6-10(2)13(12)14/h5-8H,4,9H2,1-3H3. The van der Waals surface area contributed by atoms with Gasteiger partial charge in [0.1, 0.15) is 0 Å². The van der Waals surface area contributed by atoms with Gasteiger partial charge in [0.25, 0.3) is 0 Å². The van der Waals surface area contributed by atoms with Crippen LogP contribution in [0, 0.1) is 6.92 Å². The number of aryl methyl sites for hydroxylation is 2. The molecule has 0 fully saturated rings. The average Bonchev–Trinajstić information content (AvgIpc) is 2.59. The molecule has 1 aromatic carbocycles. The molecule has 0 saturated heterocycles. The quantitative estimate of drug-likeness (QED) is 0.747. The molecule has 0 unspecified atom stereocenters. The Balaban J connectivity index is 2.69. The van der Waals surface area contributed by atoms with Gasteiger partial charge in [0, 0.05) is 30.8 Å². The van der Waals surface area contributed by atoms with Crippen LogP contribution in [0.5, 0.6) is 0 Å². The highest BCUT2D eigenvalue weighted by Crippen LogP contribution is 2.24. The van der Waals surface area contributed by atoms with Gasteiger partial charge in [0.05, 0.1) is 12.1 Å². The fraction of sp³-hybridized carbons (Fsp3) is 0.385. The molecule has 1 aromatic heterocycles. The fourth-order valence-corrected chi connectivity index (χ4v) is 2.14. The van der Waals surface area contributed by atoms with Crippen molar-refractivity contribution in [3.63, 3.8) is 0 Å². The third-order valence-electron chi connectivity index (χ3n) is 2.82. The summed E-state index contributed by atoms with van der Waals surface area (Å²) in [7, 11) is 1.74. The summed E-state index contributed by atoms with van der Waals surface area (Å²) in [4.78, 5) is 0. The van der Waals surface area contributed by atoms with Crippen LogP contribution < -0.4 is 0 Å². The Morgan fingerprint density at radius 3 is 2.80 bits per heavy atom. The van der Waals surface area contributed by atoms with Crippen LogP contribution >= 0.6 is 0 Å². The third-order valence-corrected chi connectivity index (χ3v) is 2.82. The van der Waals surface area contributed by atoms with Crippen molar-refractivity contribution in [2.75, 3.05) is 7.11 Å². The molecule has 0 aliphatic rings. The molecular weight excluding hydrogens is 186 g/mol. The first kappa shape index (κ1) is 10.2. The van der Waals surface area contributed by atoms with E-state index in [2.05, 4.69) is 42.8 Å². The van der Waals surface area contributed by atoms with Crippen LogP contribution in [-0.2, 0) is 17.9 Å². The van der Waals surface area contributed by atoms with Crippen LogP contribution in [0.4, 0.5) is 0 Å². The monoisotopic (exact) mass is 203 g/mol. The summed E-state index contributed by atoms with van der Waals surface area (Å²) in [5.41, 5.74) is 3.95. The summed E-state index contributed by atoms with van der Waals surface area (Å²) in [5, 5.41) is 1.32. The van der Waals surface area contributed by atoms with E-state index in [-0.39, 0.29) is 0 Å². The van der Waals surface area contributed by atoms with E-state index in [0.717, 1.165) is 6.54 Å². The van der Waals surface area contributed by atoms with Crippen molar-refractivity contribution in [3.8, 4) is 0 Å². The van der Waals surface area contributed by atoms with Gasteiger partial charge in [-0.15, -0.1) is 0 Å². The Morgan fingerprint density at radius 2 is 2.13 bits per heavy atom. The number of fused-ring (bicyclic) bond motifs is 1. The van der Waals surface area contributed by atoms with Crippen molar-refractivity contribution in [3.05, 3.63) is 35.5 Å². The van der Waals surface area contributed by atoms with Crippen molar-refractivity contribution in [2.24, 2.45) is 0 Å². The molecule has 2 nitrogen and oxygen atoms in total. The van der Waals surface area contributed by atoms with Gasteiger partial charge >= 0.3 is 0 Å². The van der Waals surface area contributed by atoms with E-state index in [1.54, 1.807) is 7.11 Å². The van der Waals surface area contributed by atoms with Gasteiger partial charge in [0.15, 0.2) is 0 Å². The predicted octanol–water partition coefficient (Wildman–Crippen LogP) is 3.12. The second kappa shape index (κ2) is 4.07. The molecule has 1 heterocycles. The maximum atomic E-state index is 5.22. The summed E-state index contributed by atoms with van der Waals surface area (Å²) < 4.78 is 7.51. The molecule has 2 aromatic rings. The van der Waals surface area contributed by atoms with E-state index in [1.807, 2.05) is 0 Å². The van der Waals surface area contributed by atoms with Crippen LogP contribution in [0.2, 0.25) is 0 Å². The summed E-state index contributed by atoms with van der Waals surface area (Å²) in [6.45, 7) is 6.02. The van der Waals surface area contributed by atoms with Gasteiger partial charge in [-0.2, -0.15) is 0 Å². The Kier molecular flexibility index (Phi) is 2.78. The van der Waals surface area contributed by atoms with Crippen molar-refractivity contribution in [1.82, 2.24) is 4.57 Å². The summed E-state index contributed by atoms with van der Waals surface area (Å²) in [6.07, 6.45) is 2.20. The number of nitrogens with zero attached hydrogens (tertiary/aromatic N) is 1. The number of aromatic nitrogens is 1. The minimum Gasteiger partial charge on any atom is -0.380 e. The van der Waals surface area contributed by atoms with Crippen molar-refractivity contribution in [2.45, 2.75) is 27.0 Å². The number of benzene rings is 1. The highest BCUT2D eigenvalue weighted by atomic mass is 16.5. The molecule has 0 amide bonds. The second-order valence-electron chi connectivity index (χ2n) is 3.84. The topological polar surface area (TPSA) is 14.2 Å². The number of rotatable bonds is 3. The molecule has 2 rings (SSSR count). The molecular formula is C13H17NO. The van der Waals surface area contributed by atoms with Crippen molar-refractivity contribution < 1.29 is 4.74 Å². The number of methoxy groups -OCH3 is 1. The minimum atomic E-state index is 0.687.